The monoisotopic (exact) mass is 321 g/mol. The van der Waals surface area contributed by atoms with Gasteiger partial charge in [0.2, 0.25) is 0 Å². The van der Waals surface area contributed by atoms with Crippen LogP contribution in [0.5, 0.6) is 0 Å². The van der Waals surface area contributed by atoms with Crippen LogP contribution in [0.4, 0.5) is 18.9 Å². The van der Waals surface area contributed by atoms with Gasteiger partial charge in [-0.1, -0.05) is 0 Å². The SMILES string of the molecule is Fc1cc(F)c(NCc2cc(Br)cs2)cc1F. The zero-order chi connectivity index (χ0) is 12.4. The molecule has 0 aliphatic rings. The fraction of sp³-hybridized carbons (Fsp3) is 0.0909. The lowest BCUT2D eigenvalue weighted by Crippen LogP contribution is -2.01. The number of thiophene rings is 1. The van der Waals surface area contributed by atoms with Gasteiger partial charge in [-0.3, -0.25) is 0 Å². The molecule has 6 heteroatoms. The normalized spacial score (nSPS) is 10.6. The van der Waals surface area contributed by atoms with E-state index in [1.165, 1.54) is 11.3 Å². The second-order valence-corrected chi connectivity index (χ2v) is 5.24. The number of halogens is 4. The Balaban J connectivity index is 2.11. The van der Waals surface area contributed by atoms with E-state index in [-0.39, 0.29) is 5.69 Å². The van der Waals surface area contributed by atoms with Gasteiger partial charge in [0, 0.05) is 33.4 Å². The minimum Gasteiger partial charge on any atom is -0.378 e. The summed E-state index contributed by atoms with van der Waals surface area (Å²) in [6, 6.07) is 3.21. The van der Waals surface area contributed by atoms with E-state index in [4.69, 9.17) is 0 Å². The predicted molar refractivity (Wildman–Crippen MR) is 65.7 cm³/mol. The summed E-state index contributed by atoms with van der Waals surface area (Å²) in [5.74, 6) is -3.06. The van der Waals surface area contributed by atoms with Crippen LogP contribution in [0.25, 0.3) is 0 Å². The van der Waals surface area contributed by atoms with Crippen LogP contribution in [0.2, 0.25) is 0 Å². The quantitative estimate of drug-likeness (QED) is 0.818. The summed E-state index contributed by atoms with van der Waals surface area (Å²) in [4.78, 5) is 0.959. The minimum atomic E-state index is -1.19. The largest absolute Gasteiger partial charge is 0.378 e. The zero-order valence-corrected chi connectivity index (χ0v) is 10.8. The standard InChI is InChI=1S/C11H7BrF3NS/c12-6-1-7(17-5-6)4-16-11-3-9(14)8(13)2-10(11)15/h1-3,5,16H,4H2. The second-order valence-electron chi connectivity index (χ2n) is 3.33. The van der Waals surface area contributed by atoms with Crippen LogP contribution in [0.3, 0.4) is 0 Å². The molecule has 1 aromatic heterocycles. The molecule has 0 radical (unpaired) electrons. The van der Waals surface area contributed by atoms with Crippen LogP contribution >= 0.6 is 27.3 Å². The first-order chi connectivity index (χ1) is 8.06. The van der Waals surface area contributed by atoms with Crippen molar-refractivity contribution in [2.24, 2.45) is 0 Å². The van der Waals surface area contributed by atoms with Gasteiger partial charge in [-0.2, -0.15) is 0 Å². The Morgan fingerprint density at radius 1 is 1.06 bits per heavy atom. The third kappa shape index (κ3) is 3.01. The summed E-state index contributed by atoms with van der Waals surface area (Å²) < 4.78 is 39.8. The van der Waals surface area contributed by atoms with Gasteiger partial charge < -0.3 is 5.32 Å². The van der Waals surface area contributed by atoms with E-state index in [1.807, 2.05) is 11.4 Å². The average Bonchev–Trinajstić information content (AvgIpc) is 2.68. The van der Waals surface area contributed by atoms with E-state index in [0.717, 1.165) is 15.4 Å². The topological polar surface area (TPSA) is 12.0 Å². The van der Waals surface area contributed by atoms with Crippen molar-refractivity contribution < 1.29 is 13.2 Å². The summed E-state index contributed by atoms with van der Waals surface area (Å²) in [6.07, 6.45) is 0. The first-order valence-corrected chi connectivity index (χ1v) is 6.35. The molecule has 2 aromatic rings. The van der Waals surface area contributed by atoms with Gasteiger partial charge in [-0.25, -0.2) is 13.2 Å². The highest BCUT2D eigenvalue weighted by Gasteiger charge is 2.09. The molecule has 0 saturated carbocycles. The van der Waals surface area contributed by atoms with Gasteiger partial charge in [0.15, 0.2) is 11.6 Å². The van der Waals surface area contributed by atoms with Crippen LogP contribution in [-0.4, -0.2) is 0 Å². The number of hydrogen-bond donors (Lipinski definition) is 1. The number of benzene rings is 1. The second kappa shape index (κ2) is 5.10. The fourth-order valence-corrected chi connectivity index (χ4v) is 2.68. The number of hydrogen-bond acceptors (Lipinski definition) is 2. The molecule has 0 aliphatic heterocycles. The lowest BCUT2D eigenvalue weighted by molar-refractivity contribution is 0.496. The maximum absolute atomic E-state index is 13.3. The van der Waals surface area contributed by atoms with Crippen molar-refractivity contribution >= 4 is 33.0 Å². The molecule has 0 aliphatic carbocycles. The van der Waals surface area contributed by atoms with Crippen LogP contribution in [0.15, 0.2) is 28.1 Å². The van der Waals surface area contributed by atoms with Gasteiger partial charge in [0.05, 0.1) is 5.69 Å². The van der Waals surface area contributed by atoms with Crippen LogP contribution in [0, 0.1) is 17.5 Å². The maximum Gasteiger partial charge on any atom is 0.161 e. The third-order valence-electron chi connectivity index (χ3n) is 2.08. The molecule has 0 unspecified atom stereocenters. The number of anilines is 1. The van der Waals surface area contributed by atoms with Crippen molar-refractivity contribution in [2.75, 3.05) is 5.32 Å². The van der Waals surface area contributed by atoms with E-state index in [0.29, 0.717) is 12.6 Å². The van der Waals surface area contributed by atoms with Gasteiger partial charge in [-0.15, -0.1) is 11.3 Å². The molecule has 0 spiro atoms. The highest BCUT2D eigenvalue weighted by Crippen LogP contribution is 2.23. The summed E-state index contributed by atoms with van der Waals surface area (Å²) in [7, 11) is 0. The molecule has 0 bridgehead atoms. The Bertz CT molecular complexity index is 542. The molecule has 1 heterocycles. The molecule has 2 rings (SSSR count). The summed E-state index contributed by atoms with van der Waals surface area (Å²) in [6.45, 7) is 0.359. The molecule has 0 saturated heterocycles. The highest BCUT2D eigenvalue weighted by molar-refractivity contribution is 9.10. The molecule has 1 nitrogen and oxygen atoms in total. The number of nitrogens with one attached hydrogen (secondary N) is 1. The number of rotatable bonds is 3. The Kier molecular flexibility index (Phi) is 3.73. The Hall–Kier alpha value is -1.01. The fourth-order valence-electron chi connectivity index (χ4n) is 1.29. The lowest BCUT2D eigenvalue weighted by Gasteiger charge is -2.06. The van der Waals surface area contributed by atoms with Gasteiger partial charge in [0.25, 0.3) is 0 Å². The molecule has 0 fully saturated rings. The van der Waals surface area contributed by atoms with E-state index in [1.54, 1.807) is 0 Å². The van der Waals surface area contributed by atoms with E-state index in [2.05, 4.69) is 21.2 Å². The van der Waals surface area contributed by atoms with Crippen molar-refractivity contribution in [1.29, 1.82) is 0 Å². The van der Waals surface area contributed by atoms with E-state index < -0.39 is 17.5 Å². The van der Waals surface area contributed by atoms with Gasteiger partial charge in [-0.05, 0) is 22.0 Å². The molecule has 17 heavy (non-hydrogen) atoms. The predicted octanol–water partition coefficient (Wildman–Crippen LogP) is 4.54. The first kappa shape index (κ1) is 12.4. The Morgan fingerprint density at radius 3 is 2.41 bits per heavy atom. The molecule has 90 valence electrons. The smallest absolute Gasteiger partial charge is 0.161 e. The Labute approximate surface area is 108 Å². The molecule has 1 N–H and O–H groups in total. The average molecular weight is 322 g/mol. The Morgan fingerprint density at radius 2 is 1.76 bits per heavy atom. The molecule has 1 aromatic carbocycles. The molecule has 0 amide bonds. The van der Waals surface area contributed by atoms with E-state index >= 15 is 0 Å². The van der Waals surface area contributed by atoms with Crippen LogP contribution < -0.4 is 5.32 Å². The molecule has 0 atom stereocenters. The first-order valence-electron chi connectivity index (χ1n) is 4.67. The third-order valence-corrected chi connectivity index (χ3v) is 3.78. The maximum atomic E-state index is 13.3. The van der Waals surface area contributed by atoms with Crippen molar-refractivity contribution in [3.63, 3.8) is 0 Å². The molecular formula is C11H7BrF3NS. The highest BCUT2D eigenvalue weighted by atomic mass is 79.9. The van der Waals surface area contributed by atoms with Crippen LogP contribution in [-0.2, 0) is 6.54 Å². The summed E-state index contributed by atoms with van der Waals surface area (Å²) in [5, 5.41) is 4.61. The lowest BCUT2D eigenvalue weighted by atomic mass is 10.3. The minimum absolute atomic E-state index is 0.0478. The zero-order valence-electron chi connectivity index (χ0n) is 8.44. The van der Waals surface area contributed by atoms with Crippen LogP contribution in [0.1, 0.15) is 4.88 Å². The van der Waals surface area contributed by atoms with E-state index in [9.17, 15) is 13.2 Å². The molecular weight excluding hydrogens is 315 g/mol. The van der Waals surface area contributed by atoms with Gasteiger partial charge in [0.1, 0.15) is 5.82 Å². The van der Waals surface area contributed by atoms with Crippen molar-refractivity contribution in [3.05, 3.63) is 50.4 Å². The summed E-state index contributed by atoms with van der Waals surface area (Å²) in [5.41, 5.74) is -0.0478. The summed E-state index contributed by atoms with van der Waals surface area (Å²) >= 11 is 4.78. The van der Waals surface area contributed by atoms with Crippen molar-refractivity contribution in [2.45, 2.75) is 6.54 Å². The van der Waals surface area contributed by atoms with Gasteiger partial charge >= 0.3 is 0 Å². The van der Waals surface area contributed by atoms with Crippen molar-refractivity contribution in [1.82, 2.24) is 0 Å². The van der Waals surface area contributed by atoms with Crippen molar-refractivity contribution in [3.8, 4) is 0 Å².